The molecule has 32 heavy (non-hydrogen) atoms. The van der Waals surface area contributed by atoms with E-state index < -0.39 is 29.7 Å². The third-order valence-corrected chi connectivity index (χ3v) is 5.38. The van der Waals surface area contributed by atoms with Gasteiger partial charge in [-0.3, -0.25) is 34.4 Å². The highest BCUT2D eigenvalue weighted by Crippen LogP contribution is 2.32. The first kappa shape index (κ1) is 19.5. The standard InChI is InChI=1S/C21H17N7O4/c29-17-7-6-16(19(30)24-17)28-20(31)14-4-1-5-15(18(14)21(28)32)23-9-12-11-27(26-25-12)13-3-2-8-22-10-13/h1-5,8,10-11,16,23H,6-7,9H2,(H,24,29,30). The van der Waals surface area contributed by atoms with Crippen LogP contribution in [0.3, 0.4) is 0 Å². The van der Waals surface area contributed by atoms with E-state index >= 15 is 0 Å². The molecule has 1 saturated heterocycles. The van der Waals surface area contributed by atoms with E-state index in [4.69, 9.17) is 0 Å². The minimum atomic E-state index is -1.01. The first-order chi connectivity index (χ1) is 15.5. The number of carbonyl (C=O) groups is 4. The largest absolute Gasteiger partial charge is 0.379 e. The normalized spacial score (nSPS) is 18.0. The van der Waals surface area contributed by atoms with E-state index in [1.165, 1.54) is 0 Å². The SMILES string of the molecule is O=C1CCC(N2C(=O)c3cccc(NCc4cn(-c5cccnc5)nn4)c3C2=O)C(=O)N1. The summed E-state index contributed by atoms with van der Waals surface area (Å²) in [6.45, 7) is 0.261. The molecule has 1 unspecified atom stereocenters. The van der Waals surface area contributed by atoms with E-state index in [2.05, 4.69) is 25.9 Å². The van der Waals surface area contributed by atoms with E-state index in [-0.39, 0.29) is 30.5 Å². The fourth-order valence-electron chi connectivity index (χ4n) is 3.84. The van der Waals surface area contributed by atoms with Crippen LogP contribution in [0.1, 0.15) is 39.3 Å². The average molecular weight is 431 g/mol. The van der Waals surface area contributed by atoms with Crippen molar-refractivity contribution in [2.45, 2.75) is 25.4 Å². The predicted octanol–water partition coefficient (Wildman–Crippen LogP) is 0.676. The van der Waals surface area contributed by atoms with Gasteiger partial charge in [0.15, 0.2) is 0 Å². The summed E-state index contributed by atoms with van der Waals surface area (Å²) in [4.78, 5) is 54.7. The van der Waals surface area contributed by atoms with Crippen molar-refractivity contribution < 1.29 is 19.2 Å². The topological polar surface area (TPSA) is 139 Å². The predicted molar refractivity (Wildman–Crippen MR) is 110 cm³/mol. The monoisotopic (exact) mass is 431 g/mol. The van der Waals surface area contributed by atoms with Gasteiger partial charge in [-0.15, -0.1) is 5.10 Å². The lowest BCUT2D eigenvalue weighted by Gasteiger charge is -2.27. The van der Waals surface area contributed by atoms with Gasteiger partial charge in [-0.05, 0) is 30.7 Å². The fraction of sp³-hybridized carbons (Fsp3) is 0.190. The van der Waals surface area contributed by atoms with Crippen molar-refractivity contribution in [2.75, 3.05) is 5.32 Å². The third-order valence-electron chi connectivity index (χ3n) is 5.38. The molecule has 1 aromatic carbocycles. The number of hydrogen-bond donors (Lipinski definition) is 2. The second-order valence-corrected chi connectivity index (χ2v) is 7.39. The van der Waals surface area contributed by atoms with Gasteiger partial charge in [0.2, 0.25) is 11.8 Å². The van der Waals surface area contributed by atoms with Crippen molar-refractivity contribution in [2.24, 2.45) is 0 Å². The van der Waals surface area contributed by atoms with Crippen molar-refractivity contribution in [1.82, 2.24) is 30.2 Å². The molecule has 0 spiro atoms. The van der Waals surface area contributed by atoms with Crippen LogP contribution in [0.4, 0.5) is 5.69 Å². The average Bonchev–Trinajstić information content (AvgIpc) is 3.37. The number of anilines is 1. The van der Waals surface area contributed by atoms with Crippen LogP contribution in [0.5, 0.6) is 0 Å². The number of hydrogen-bond acceptors (Lipinski definition) is 8. The molecule has 5 rings (SSSR count). The summed E-state index contributed by atoms with van der Waals surface area (Å²) in [7, 11) is 0. The molecule has 11 nitrogen and oxygen atoms in total. The first-order valence-electron chi connectivity index (χ1n) is 9.93. The van der Waals surface area contributed by atoms with Crippen LogP contribution in [0.25, 0.3) is 5.69 Å². The van der Waals surface area contributed by atoms with Crippen LogP contribution in [0, 0.1) is 0 Å². The lowest BCUT2D eigenvalue weighted by Crippen LogP contribution is -2.54. The zero-order chi connectivity index (χ0) is 22.2. The molecule has 0 aliphatic carbocycles. The number of rotatable bonds is 5. The van der Waals surface area contributed by atoms with Crippen molar-refractivity contribution >= 4 is 29.3 Å². The molecule has 0 saturated carbocycles. The Labute approximate surface area is 181 Å². The number of carbonyl (C=O) groups excluding carboxylic acids is 4. The first-order valence-corrected chi connectivity index (χ1v) is 9.93. The molecular weight excluding hydrogens is 414 g/mol. The molecule has 0 bridgehead atoms. The fourth-order valence-corrected chi connectivity index (χ4v) is 3.84. The lowest BCUT2D eigenvalue weighted by molar-refractivity contribution is -0.136. The molecule has 4 heterocycles. The molecule has 1 fully saturated rings. The maximum Gasteiger partial charge on any atom is 0.264 e. The highest BCUT2D eigenvalue weighted by molar-refractivity contribution is 6.25. The van der Waals surface area contributed by atoms with Gasteiger partial charge in [0.05, 0.1) is 35.8 Å². The second kappa shape index (κ2) is 7.69. The van der Waals surface area contributed by atoms with Crippen molar-refractivity contribution in [1.29, 1.82) is 0 Å². The number of nitrogens with one attached hydrogen (secondary N) is 2. The van der Waals surface area contributed by atoms with Gasteiger partial charge in [-0.1, -0.05) is 11.3 Å². The van der Waals surface area contributed by atoms with E-state index in [0.29, 0.717) is 11.4 Å². The maximum atomic E-state index is 13.1. The van der Waals surface area contributed by atoms with E-state index in [9.17, 15) is 19.2 Å². The van der Waals surface area contributed by atoms with Crippen molar-refractivity contribution in [3.8, 4) is 5.69 Å². The number of benzene rings is 1. The summed E-state index contributed by atoms with van der Waals surface area (Å²) >= 11 is 0. The zero-order valence-electron chi connectivity index (χ0n) is 16.7. The number of nitrogens with zero attached hydrogens (tertiary/aromatic N) is 5. The van der Waals surface area contributed by atoms with E-state index in [1.807, 2.05) is 6.07 Å². The Balaban J connectivity index is 1.36. The molecule has 4 amide bonds. The van der Waals surface area contributed by atoms with Crippen LogP contribution in [-0.2, 0) is 16.1 Å². The minimum Gasteiger partial charge on any atom is -0.379 e. The Morgan fingerprint density at radius 2 is 1.97 bits per heavy atom. The molecule has 160 valence electrons. The second-order valence-electron chi connectivity index (χ2n) is 7.39. The van der Waals surface area contributed by atoms with E-state index in [1.54, 1.807) is 47.5 Å². The molecule has 2 aromatic heterocycles. The Morgan fingerprint density at radius 3 is 2.75 bits per heavy atom. The van der Waals surface area contributed by atoms with Gasteiger partial charge >= 0.3 is 0 Å². The van der Waals surface area contributed by atoms with Crippen LogP contribution < -0.4 is 10.6 Å². The minimum absolute atomic E-state index is 0.0709. The van der Waals surface area contributed by atoms with Crippen LogP contribution in [0.2, 0.25) is 0 Å². The maximum absolute atomic E-state index is 13.1. The molecule has 2 N–H and O–H groups in total. The number of fused-ring (bicyclic) bond motifs is 1. The van der Waals surface area contributed by atoms with Gasteiger partial charge < -0.3 is 5.32 Å². The molecule has 1 atom stereocenters. The highest BCUT2D eigenvalue weighted by atomic mass is 16.2. The van der Waals surface area contributed by atoms with Gasteiger partial charge in [-0.2, -0.15) is 0 Å². The number of imide groups is 2. The Morgan fingerprint density at radius 1 is 1.09 bits per heavy atom. The summed E-state index contributed by atoms with van der Waals surface area (Å²) in [5.41, 5.74) is 2.23. The Hall–Kier alpha value is -4.41. The Bertz CT molecular complexity index is 1250. The van der Waals surface area contributed by atoms with Crippen molar-refractivity contribution in [3.63, 3.8) is 0 Å². The smallest absolute Gasteiger partial charge is 0.264 e. The molecule has 0 radical (unpaired) electrons. The quantitative estimate of drug-likeness (QED) is 0.562. The number of piperidine rings is 1. The third kappa shape index (κ3) is 3.29. The zero-order valence-corrected chi connectivity index (χ0v) is 16.7. The van der Waals surface area contributed by atoms with Crippen LogP contribution >= 0.6 is 0 Å². The lowest BCUT2D eigenvalue weighted by atomic mass is 10.0. The summed E-state index contributed by atoms with van der Waals surface area (Å²) in [6, 6.07) is 7.52. The van der Waals surface area contributed by atoms with Gasteiger partial charge in [-0.25, -0.2) is 4.68 Å². The molecular formula is C21H17N7O4. The number of amides is 4. The highest BCUT2D eigenvalue weighted by Gasteiger charge is 2.45. The molecule has 11 heteroatoms. The molecule has 3 aromatic rings. The number of pyridine rings is 1. The van der Waals surface area contributed by atoms with Crippen LogP contribution in [0.15, 0.2) is 48.9 Å². The van der Waals surface area contributed by atoms with Crippen molar-refractivity contribution in [3.05, 3.63) is 65.7 Å². The Kier molecular flexibility index (Phi) is 4.70. The van der Waals surface area contributed by atoms with Gasteiger partial charge in [0.1, 0.15) is 11.7 Å². The number of aromatic nitrogens is 4. The summed E-state index contributed by atoms with van der Waals surface area (Å²) < 4.78 is 1.58. The van der Waals surface area contributed by atoms with Crippen LogP contribution in [-0.4, -0.2) is 54.5 Å². The molecule has 2 aliphatic heterocycles. The summed E-state index contributed by atoms with van der Waals surface area (Å²) in [5, 5.41) is 13.5. The van der Waals surface area contributed by atoms with Gasteiger partial charge in [0, 0.05) is 18.3 Å². The summed E-state index contributed by atoms with van der Waals surface area (Å²) in [5.74, 6) is -2.17. The molecule has 2 aliphatic rings. The van der Waals surface area contributed by atoms with Gasteiger partial charge in [0.25, 0.3) is 11.8 Å². The summed E-state index contributed by atoms with van der Waals surface area (Å²) in [6.07, 6.45) is 5.23. The van der Waals surface area contributed by atoms with E-state index in [0.717, 1.165) is 10.6 Å².